The van der Waals surface area contributed by atoms with Crippen LogP contribution < -0.4 is 5.32 Å². The van der Waals surface area contributed by atoms with Crippen molar-refractivity contribution in [1.29, 1.82) is 0 Å². The summed E-state index contributed by atoms with van der Waals surface area (Å²) in [4.78, 5) is 0. The normalized spacial score (nSPS) is 10.9. The van der Waals surface area contributed by atoms with E-state index in [1.54, 1.807) is 5.71 Å². The Bertz CT molecular complexity index is 445. The third-order valence-corrected chi connectivity index (χ3v) is 6.34. The van der Waals surface area contributed by atoms with Crippen LogP contribution in [0.4, 0.5) is 0 Å². The SMILES string of the molecule is CCCCCCCNC(CC(CC)=[N+](CCCC)CCCC)=[N+](CCCC)CCCC. The summed E-state index contributed by atoms with van der Waals surface area (Å²) in [5, 5.41) is 3.94. The van der Waals surface area contributed by atoms with Crippen molar-refractivity contribution in [2.24, 2.45) is 0 Å². The summed E-state index contributed by atoms with van der Waals surface area (Å²) < 4.78 is 5.43. The van der Waals surface area contributed by atoms with Crippen LogP contribution in [-0.4, -0.2) is 53.4 Å². The Morgan fingerprint density at radius 2 is 0.968 bits per heavy atom. The van der Waals surface area contributed by atoms with E-state index in [0.717, 1.165) is 13.0 Å². The highest BCUT2D eigenvalue weighted by molar-refractivity contribution is 5.99. The summed E-state index contributed by atoms with van der Waals surface area (Å²) in [6, 6.07) is 0. The predicted octanol–water partition coefficient (Wildman–Crippen LogP) is 7.41. The van der Waals surface area contributed by atoms with Gasteiger partial charge in [-0.1, -0.05) is 86.5 Å². The number of nitrogens with one attached hydrogen (secondary N) is 1. The average Bonchev–Trinajstić information content (AvgIpc) is 2.79. The van der Waals surface area contributed by atoms with E-state index in [-0.39, 0.29) is 0 Å². The molecule has 0 unspecified atom stereocenters. The molecule has 0 aromatic rings. The lowest BCUT2D eigenvalue weighted by molar-refractivity contribution is -0.536. The smallest absolute Gasteiger partial charge is 0.255 e. The summed E-state index contributed by atoms with van der Waals surface area (Å²) in [5.74, 6) is 1.51. The molecule has 0 rings (SSSR count). The second kappa shape index (κ2) is 22.3. The molecule has 0 aromatic heterocycles. The van der Waals surface area contributed by atoms with Gasteiger partial charge >= 0.3 is 0 Å². The van der Waals surface area contributed by atoms with E-state index in [1.165, 1.54) is 122 Å². The van der Waals surface area contributed by atoms with Crippen molar-refractivity contribution in [1.82, 2.24) is 5.32 Å². The van der Waals surface area contributed by atoms with Gasteiger partial charge in [-0.25, -0.2) is 4.58 Å². The zero-order valence-corrected chi connectivity index (χ0v) is 22.5. The van der Waals surface area contributed by atoms with Crippen molar-refractivity contribution >= 4 is 11.5 Å². The molecule has 0 atom stereocenters. The lowest BCUT2D eigenvalue weighted by Crippen LogP contribution is -2.39. The van der Waals surface area contributed by atoms with Gasteiger partial charge in [0.1, 0.15) is 19.5 Å². The molecule has 0 fully saturated rings. The van der Waals surface area contributed by atoms with E-state index in [9.17, 15) is 0 Å². The first-order valence-electron chi connectivity index (χ1n) is 14.1. The van der Waals surface area contributed by atoms with Gasteiger partial charge in [0.2, 0.25) is 0 Å². The van der Waals surface area contributed by atoms with Gasteiger partial charge in [0.25, 0.3) is 5.84 Å². The first-order valence-corrected chi connectivity index (χ1v) is 14.1. The molecule has 0 aliphatic heterocycles. The maximum atomic E-state index is 3.94. The van der Waals surface area contributed by atoms with E-state index in [1.807, 2.05) is 0 Å². The van der Waals surface area contributed by atoms with Crippen LogP contribution in [0.5, 0.6) is 0 Å². The molecule has 0 saturated heterocycles. The molecule has 0 bridgehead atoms. The van der Waals surface area contributed by atoms with Gasteiger partial charge in [-0.3, -0.25) is 9.89 Å². The summed E-state index contributed by atoms with van der Waals surface area (Å²) in [6.45, 7) is 19.9. The molecule has 31 heavy (non-hydrogen) atoms. The average molecular weight is 438 g/mol. The Morgan fingerprint density at radius 1 is 0.516 bits per heavy atom. The number of hydrogen-bond acceptors (Lipinski definition) is 0. The molecule has 0 aromatic carbocycles. The fraction of sp³-hybridized carbons (Fsp3) is 0.929. The van der Waals surface area contributed by atoms with Crippen LogP contribution in [0, 0.1) is 0 Å². The van der Waals surface area contributed by atoms with Crippen LogP contribution >= 0.6 is 0 Å². The molecule has 0 aliphatic carbocycles. The molecule has 3 nitrogen and oxygen atoms in total. The Kier molecular flexibility index (Phi) is 21.7. The van der Waals surface area contributed by atoms with Crippen molar-refractivity contribution in [3.63, 3.8) is 0 Å². The molecular weight excluding hydrogens is 378 g/mol. The molecule has 0 saturated carbocycles. The lowest BCUT2D eigenvalue weighted by atomic mass is 10.1. The minimum Gasteiger partial charge on any atom is -0.278 e. The molecule has 0 radical (unpaired) electrons. The third kappa shape index (κ3) is 15.6. The van der Waals surface area contributed by atoms with E-state index >= 15 is 0 Å². The second-order valence-corrected chi connectivity index (χ2v) is 9.27. The third-order valence-electron chi connectivity index (χ3n) is 6.34. The fourth-order valence-corrected chi connectivity index (χ4v) is 4.11. The lowest BCUT2D eigenvalue weighted by Gasteiger charge is -2.15. The van der Waals surface area contributed by atoms with Gasteiger partial charge in [0, 0.05) is 19.3 Å². The van der Waals surface area contributed by atoms with Crippen molar-refractivity contribution in [2.75, 3.05) is 32.7 Å². The molecule has 1 N–H and O–H groups in total. The van der Waals surface area contributed by atoms with Gasteiger partial charge in [-0.2, -0.15) is 0 Å². The standard InChI is InChI=1S/C28H58N3/c1-7-13-18-19-20-21-29-28(31(24-16-10-4)25-17-11-5)26-27(12-6)30(22-14-8-2)23-15-9-3/h7-26H2,1-6H3/q+1/p+1. The van der Waals surface area contributed by atoms with Crippen molar-refractivity contribution in [2.45, 2.75) is 138 Å². The second-order valence-electron chi connectivity index (χ2n) is 9.27. The Hall–Kier alpha value is -0.860. The monoisotopic (exact) mass is 437 g/mol. The summed E-state index contributed by atoms with van der Waals surface area (Å²) in [5.41, 5.74) is 1.65. The summed E-state index contributed by atoms with van der Waals surface area (Å²) in [7, 11) is 0. The van der Waals surface area contributed by atoms with Gasteiger partial charge < -0.3 is 0 Å². The van der Waals surface area contributed by atoms with Crippen molar-refractivity contribution in [3.8, 4) is 0 Å². The zero-order chi connectivity index (χ0) is 23.2. The molecule has 0 heterocycles. The number of amidine groups is 1. The van der Waals surface area contributed by atoms with Crippen LogP contribution in [0.3, 0.4) is 0 Å². The molecule has 0 aliphatic rings. The van der Waals surface area contributed by atoms with E-state index in [2.05, 4.69) is 56.0 Å². The maximum absolute atomic E-state index is 3.94. The quantitative estimate of drug-likeness (QED) is 0.0856. The van der Waals surface area contributed by atoms with Gasteiger partial charge in [0.05, 0.1) is 19.6 Å². The fourth-order valence-electron chi connectivity index (χ4n) is 4.11. The van der Waals surface area contributed by atoms with E-state index < -0.39 is 0 Å². The highest BCUT2D eigenvalue weighted by Gasteiger charge is 2.21. The number of nitrogens with zero attached hydrogens (tertiary/aromatic N) is 2. The van der Waals surface area contributed by atoms with Crippen molar-refractivity contribution in [3.05, 3.63) is 0 Å². The maximum Gasteiger partial charge on any atom is 0.255 e. The van der Waals surface area contributed by atoms with Crippen LogP contribution in [0.25, 0.3) is 0 Å². The largest absolute Gasteiger partial charge is 0.278 e. The Balaban J connectivity index is 5.59. The molecule has 3 heteroatoms. The predicted molar refractivity (Wildman–Crippen MR) is 141 cm³/mol. The number of unbranched alkanes of at least 4 members (excludes halogenated alkanes) is 8. The van der Waals surface area contributed by atoms with Gasteiger partial charge in [-0.05, 0) is 25.7 Å². The minimum absolute atomic E-state index is 1.12. The molecular formula is C28H59N3+2. The minimum atomic E-state index is 1.12. The van der Waals surface area contributed by atoms with E-state index in [0.29, 0.717) is 0 Å². The van der Waals surface area contributed by atoms with Crippen LogP contribution in [0.15, 0.2) is 0 Å². The number of hydrogen-bond donors (Lipinski definition) is 1. The van der Waals surface area contributed by atoms with Gasteiger partial charge in [-0.15, -0.1) is 0 Å². The summed E-state index contributed by atoms with van der Waals surface area (Å²) in [6.07, 6.45) is 19.4. The molecule has 0 spiro atoms. The topological polar surface area (TPSA) is 18.0 Å². The highest BCUT2D eigenvalue weighted by atomic mass is 15.1. The molecule has 0 amide bonds. The van der Waals surface area contributed by atoms with Gasteiger partial charge in [0.15, 0.2) is 5.71 Å². The van der Waals surface area contributed by atoms with Crippen LogP contribution in [0.2, 0.25) is 0 Å². The Labute approximate surface area is 196 Å². The van der Waals surface area contributed by atoms with Crippen LogP contribution in [-0.2, 0) is 0 Å². The summed E-state index contributed by atoms with van der Waals surface area (Å²) >= 11 is 0. The van der Waals surface area contributed by atoms with Crippen LogP contribution in [0.1, 0.15) is 138 Å². The van der Waals surface area contributed by atoms with Crippen molar-refractivity contribution < 1.29 is 9.15 Å². The molecule has 184 valence electrons. The first-order chi connectivity index (χ1) is 15.2. The Morgan fingerprint density at radius 3 is 1.42 bits per heavy atom. The highest BCUT2D eigenvalue weighted by Crippen LogP contribution is 2.05. The zero-order valence-electron chi connectivity index (χ0n) is 22.5. The van der Waals surface area contributed by atoms with E-state index in [4.69, 9.17) is 0 Å². The first kappa shape index (κ1) is 30.1. The number of rotatable bonds is 21.